The maximum atomic E-state index is 11.3. The summed E-state index contributed by atoms with van der Waals surface area (Å²) in [5.74, 6) is 0. The summed E-state index contributed by atoms with van der Waals surface area (Å²) in [5.41, 5.74) is 0. The number of hydrogen-bond acceptors (Lipinski definition) is 3. The van der Waals surface area contributed by atoms with Crippen molar-refractivity contribution < 1.29 is 9.53 Å². The molecule has 1 radical (unpaired) electrons. The Balaban J connectivity index is 2.28. The number of likely N-dealkylation sites (tertiary alicyclic amines) is 1. The Morgan fingerprint density at radius 3 is 2.69 bits per heavy atom. The summed E-state index contributed by atoms with van der Waals surface area (Å²) in [6.45, 7) is 3.81. The van der Waals surface area contributed by atoms with E-state index in [1.807, 2.05) is 6.92 Å². The Morgan fingerprint density at radius 2 is 2.23 bits per heavy atom. The van der Waals surface area contributed by atoms with Gasteiger partial charge in [-0.15, -0.1) is 0 Å². The van der Waals surface area contributed by atoms with Crippen LogP contribution in [0.3, 0.4) is 0 Å². The average molecular weight is 185 g/mol. The summed E-state index contributed by atoms with van der Waals surface area (Å²) in [5, 5.41) is 2.97. The summed E-state index contributed by atoms with van der Waals surface area (Å²) in [6, 6.07) is 0.450. The molecule has 0 unspecified atom stereocenters. The van der Waals surface area contributed by atoms with E-state index in [1.54, 1.807) is 4.90 Å². The Labute approximate surface area is 79.2 Å². The van der Waals surface area contributed by atoms with Gasteiger partial charge in [0.05, 0.1) is 6.61 Å². The molecule has 75 valence electrons. The van der Waals surface area contributed by atoms with Gasteiger partial charge >= 0.3 is 6.09 Å². The lowest BCUT2D eigenvalue weighted by atomic mass is 10.1. The van der Waals surface area contributed by atoms with Crippen molar-refractivity contribution in [3.05, 3.63) is 7.05 Å². The van der Waals surface area contributed by atoms with Gasteiger partial charge in [0.1, 0.15) is 0 Å². The second-order valence-electron chi connectivity index (χ2n) is 3.16. The minimum atomic E-state index is -0.190. The SMILES string of the molecule is [CH2]NC1CCN(C(=O)OCC)CC1. The molecule has 0 saturated carbocycles. The molecule has 0 atom stereocenters. The van der Waals surface area contributed by atoms with E-state index in [9.17, 15) is 4.79 Å². The molecule has 1 aliphatic heterocycles. The maximum Gasteiger partial charge on any atom is 0.409 e. The number of carbonyl (C=O) groups excluding carboxylic acids is 1. The zero-order valence-electron chi connectivity index (χ0n) is 8.08. The van der Waals surface area contributed by atoms with Gasteiger partial charge in [0.2, 0.25) is 0 Å². The molecule has 1 fully saturated rings. The number of nitrogens with zero attached hydrogens (tertiary/aromatic N) is 1. The molecule has 1 heterocycles. The zero-order chi connectivity index (χ0) is 9.68. The molecule has 0 bridgehead atoms. The molecule has 1 amide bonds. The molecule has 13 heavy (non-hydrogen) atoms. The van der Waals surface area contributed by atoms with E-state index in [4.69, 9.17) is 4.74 Å². The van der Waals surface area contributed by atoms with E-state index < -0.39 is 0 Å². The smallest absolute Gasteiger partial charge is 0.409 e. The summed E-state index contributed by atoms with van der Waals surface area (Å²) < 4.78 is 4.90. The molecule has 1 rings (SSSR count). The standard InChI is InChI=1S/C9H17N2O2/c1-3-13-9(12)11-6-4-8(10-2)5-7-11/h8,10H,2-7H2,1H3. The molecule has 4 nitrogen and oxygen atoms in total. The fraction of sp³-hybridized carbons (Fsp3) is 0.778. The minimum absolute atomic E-state index is 0.190. The van der Waals surface area contributed by atoms with Crippen LogP contribution < -0.4 is 5.32 Å². The third kappa shape index (κ3) is 2.88. The third-order valence-electron chi connectivity index (χ3n) is 2.31. The number of amides is 1. The van der Waals surface area contributed by atoms with E-state index in [0.29, 0.717) is 12.6 Å². The fourth-order valence-corrected chi connectivity index (χ4v) is 1.48. The van der Waals surface area contributed by atoms with Gasteiger partial charge in [0.15, 0.2) is 0 Å². The van der Waals surface area contributed by atoms with Crippen molar-refractivity contribution in [1.82, 2.24) is 10.2 Å². The second-order valence-corrected chi connectivity index (χ2v) is 3.16. The summed E-state index contributed by atoms with van der Waals surface area (Å²) in [6.07, 6.45) is 1.73. The van der Waals surface area contributed by atoms with E-state index >= 15 is 0 Å². The molecule has 0 spiro atoms. The highest BCUT2D eigenvalue weighted by Gasteiger charge is 2.22. The van der Waals surface area contributed by atoms with Gasteiger partial charge in [-0.05, 0) is 19.8 Å². The molecule has 1 aliphatic rings. The van der Waals surface area contributed by atoms with Crippen LogP contribution in [-0.4, -0.2) is 36.7 Å². The molecule has 0 aromatic carbocycles. The number of piperidine rings is 1. The van der Waals surface area contributed by atoms with Gasteiger partial charge in [-0.1, -0.05) is 0 Å². The van der Waals surface area contributed by atoms with Crippen molar-refractivity contribution in [2.45, 2.75) is 25.8 Å². The first-order valence-corrected chi connectivity index (χ1v) is 4.72. The topological polar surface area (TPSA) is 41.6 Å². The first-order valence-electron chi connectivity index (χ1n) is 4.72. The van der Waals surface area contributed by atoms with Gasteiger partial charge in [-0.2, -0.15) is 0 Å². The van der Waals surface area contributed by atoms with Crippen molar-refractivity contribution in [2.24, 2.45) is 0 Å². The maximum absolute atomic E-state index is 11.3. The molecule has 1 saturated heterocycles. The van der Waals surface area contributed by atoms with E-state index in [0.717, 1.165) is 25.9 Å². The van der Waals surface area contributed by atoms with Crippen LogP contribution in [0.25, 0.3) is 0 Å². The summed E-state index contributed by atoms with van der Waals surface area (Å²) >= 11 is 0. The Hall–Kier alpha value is -0.770. The number of ether oxygens (including phenoxy) is 1. The molecule has 0 aromatic heterocycles. The monoisotopic (exact) mass is 185 g/mol. The predicted octanol–water partition coefficient (Wildman–Crippen LogP) is 0.988. The predicted molar refractivity (Wildman–Crippen MR) is 50.1 cm³/mol. The minimum Gasteiger partial charge on any atom is -0.450 e. The zero-order valence-corrected chi connectivity index (χ0v) is 8.08. The van der Waals surface area contributed by atoms with Crippen LogP contribution in [-0.2, 0) is 4.74 Å². The van der Waals surface area contributed by atoms with Crippen LogP contribution in [0.5, 0.6) is 0 Å². The Kier molecular flexibility index (Phi) is 4.02. The summed E-state index contributed by atoms with van der Waals surface area (Å²) in [7, 11) is 3.63. The highest BCUT2D eigenvalue weighted by Crippen LogP contribution is 2.10. The van der Waals surface area contributed by atoms with Crippen molar-refractivity contribution in [2.75, 3.05) is 19.7 Å². The lowest BCUT2D eigenvalue weighted by Gasteiger charge is -2.30. The molecular weight excluding hydrogens is 168 g/mol. The van der Waals surface area contributed by atoms with Crippen LogP contribution in [0.15, 0.2) is 0 Å². The summed E-state index contributed by atoms with van der Waals surface area (Å²) in [4.78, 5) is 13.0. The number of rotatable bonds is 2. The number of nitrogens with one attached hydrogen (secondary N) is 1. The van der Waals surface area contributed by atoms with Crippen LogP contribution in [0.1, 0.15) is 19.8 Å². The second kappa shape index (κ2) is 5.07. The highest BCUT2D eigenvalue weighted by molar-refractivity contribution is 5.67. The molecule has 4 heteroatoms. The molecule has 0 aliphatic carbocycles. The van der Waals surface area contributed by atoms with E-state index in [1.165, 1.54) is 0 Å². The first-order chi connectivity index (χ1) is 6.27. The van der Waals surface area contributed by atoms with Crippen LogP contribution >= 0.6 is 0 Å². The lowest BCUT2D eigenvalue weighted by Crippen LogP contribution is -2.43. The highest BCUT2D eigenvalue weighted by atomic mass is 16.6. The average Bonchev–Trinajstić information content (AvgIpc) is 2.18. The number of carbonyl (C=O) groups is 1. The van der Waals surface area contributed by atoms with Crippen molar-refractivity contribution in [3.63, 3.8) is 0 Å². The van der Waals surface area contributed by atoms with Crippen molar-refractivity contribution in [1.29, 1.82) is 0 Å². The van der Waals surface area contributed by atoms with Crippen molar-refractivity contribution >= 4 is 6.09 Å². The number of hydrogen-bond donors (Lipinski definition) is 1. The molecule has 1 N–H and O–H groups in total. The van der Waals surface area contributed by atoms with Crippen LogP contribution in [0.4, 0.5) is 4.79 Å². The van der Waals surface area contributed by atoms with Gasteiger partial charge in [-0.3, -0.25) is 0 Å². The van der Waals surface area contributed by atoms with Crippen LogP contribution in [0.2, 0.25) is 0 Å². The van der Waals surface area contributed by atoms with Gasteiger partial charge in [0.25, 0.3) is 0 Å². The first kappa shape index (κ1) is 10.3. The largest absolute Gasteiger partial charge is 0.450 e. The van der Waals surface area contributed by atoms with Gasteiger partial charge in [-0.25, -0.2) is 4.79 Å². The van der Waals surface area contributed by atoms with Gasteiger partial charge in [0, 0.05) is 26.2 Å². The van der Waals surface area contributed by atoms with Crippen LogP contribution in [0, 0.1) is 7.05 Å². The molecular formula is C9H17N2O2. The van der Waals surface area contributed by atoms with Gasteiger partial charge < -0.3 is 15.0 Å². The molecule has 0 aromatic rings. The quantitative estimate of drug-likeness (QED) is 0.697. The Morgan fingerprint density at radius 1 is 1.62 bits per heavy atom. The van der Waals surface area contributed by atoms with E-state index in [-0.39, 0.29) is 6.09 Å². The van der Waals surface area contributed by atoms with Crippen molar-refractivity contribution in [3.8, 4) is 0 Å². The Bertz CT molecular complexity index is 165. The normalized spacial score (nSPS) is 18.8. The third-order valence-corrected chi connectivity index (χ3v) is 2.31. The van der Waals surface area contributed by atoms with E-state index in [2.05, 4.69) is 12.4 Å². The fourth-order valence-electron chi connectivity index (χ4n) is 1.48. The lowest BCUT2D eigenvalue weighted by molar-refractivity contribution is 0.0959.